The molecule has 0 aromatic carbocycles. The van der Waals surface area contributed by atoms with Crippen molar-refractivity contribution in [3.63, 3.8) is 0 Å². The number of hydrogen-bond donors (Lipinski definition) is 9. The van der Waals surface area contributed by atoms with Gasteiger partial charge in [0, 0.05) is 0 Å². The number of nitrogens with zero attached hydrogens (tertiary/aromatic N) is 4. The van der Waals surface area contributed by atoms with E-state index in [9.17, 15) is 38.3 Å². The molecule has 0 radical (unpaired) electrons. The van der Waals surface area contributed by atoms with E-state index in [-0.39, 0.29) is 17.0 Å². The molecule has 3 unspecified atom stereocenters. The number of fused-ring (bicyclic) bond motifs is 1. The van der Waals surface area contributed by atoms with Gasteiger partial charge in [-0.2, -0.15) is 8.62 Å². The quantitative estimate of drug-likeness (QED) is 0.137. The molecule has 3 rings (SSSR count). The Morgan fingerprint density at radius 2 is 1.66 bits per heavy atom. The Morgan fingerprint density at radius 3 is 2.29 bits per heavy atom. The van der Waals surface area contributed by atoms with Gasteiger partial charge in [-0.05, 0) is 0 Å². The summed E-state index contributed by atoms with van der Waals surface area (Å²) >= 11 is 0. The third kappa shape index (κ3) is 7.18. The van der Waals surface area contributed by atoms with E-state index in [0.717, 1.165) is 11.2 Å². The van der Waals surface area contributed by atoms with Crippen LogP contribution in [0.2, 0.25) is 0 Å². The van der Waals surface area contributed by atoms with Gasteiger partial charge in [-0.1, -0.05) is 0 Å². The maximum Gasteiger partial charge on any atom is 0.489 e. The predicted octanol–water partition coefficient (Wildman–Crippen LogP) is -1.94. The molecule has 2 aromatic rings. The van der Waals surface area contributed by atoms with Gasteiger partial charge in [0.05, 0.1) is 12.9 Å². The van der Waals surface area contributed by atoms with Gasteiger partial charge in [0.25, 0.3) is 0 Å². The van der Waals surface area contributed by atoms with Crippen LogP contribution in [0.5, 0.6) is 0 Å². The van der Waals surface area contributed by atoms with E-state index >= 15 is 0 Å². The number of phosphoric acid groups is 2. The Bertz CT molecular complexity index is 1280. The number of anilines is 1. The van der Waals surface area contributed by atoms with Crippen LogP contribution >= 0.6 is 31.1 Å². The van der Waals surface area contributed by atoms with E-state index in [2.05, 4.69) is 28.1 Å². The number of nitrogens with one attached hydrogen (secondary N) is 1. The molecule has 2 aromatic heterocycles. The molecular weight excluding hydrogens is 568 g/mol. The summed E-state index contributed by atoms with van der Waals surface area (Å²) < 4.78 is 63.8. The maximum atomic E-state index is 12.1. The lowest BCUT2D eigenvalue weighted by Gasteiger charge is -2.21. The number of aromatic nitrogens is 4. The molecule has 1 aliphatic heterocycles. The molecule has 3 heterocycles. The summed E-state index contributed by atoms with van der Waals surface area (Å²) in [7, 11) is -22.7. The van der Waals surface area contributed by atoms with Crippen molar-refractivity contribution in [2.24, 2.45) is 0 Å². The lowest BCUT2D eigenvalue weighted by atomic mass is 10.1. The normalized spacial score (nSPS) is 28.4. The van der Waals surface area contributed by atoms with Gasteiger partial charge in [-0.15, -0.1) is 4.86 Å². The Labute approximate surface area is 193 Å². The maximum absolute atomic E-state index is 12.1. The summed E-state index contributed by atoms with van der Waals surface area (Å²) in [6.45, 7) is -0.991. The highest BCUT2D eigenvalue weighted by Gasteiger charge is 2.47. The Kier molecular flexibility index (Phi) is 8.04. The van der Waals surface area contributed by atoms with Crippen molar-refractivity contribution >= 4 is 48.1 Å². The number of imidazole rings is 1. The monoisotopic (exact) mass is 586 g/mol. The van der Waals surface area contributed by atoms with Crippen LogP contribution in [0, 0.1) is 0 Å². The average Bonchev–Trinajstić information content (AvgIpc) is 3.19. The minimum absolute atomic E-state index is 0.0169. The van der Waals surface area contributed by atoms with Crippen molar-refractivity contribution in [1.82, 2.24) is 24.4 Å². The van der Waals surface area contributed by atoms with E-state index < -0.39 is 62.3 Å². The molecule has 21 nitrogen and oxygen atoms in total. The SMILES string of the molecule is Nc1ncnc2c1ncn2[C@@H]1O[C@H](COP(=O)(O)NP(=O)(O)OP(=O)(O)OP(=O)(O)O)[C@@H](O)[C@H]1O. The van der Waals surface area contributed by atoms with E-state index in [0.29, 0.717) is 0 Å². The van der Waals surface area contributed by atoms with Crippen molar-refractivity contribution in [2.75, 3.05) is 12.3 Å². The molecule has 25 heteroatoms. The number of hydrogen-bond acceptors (Lipinski definition) is 14. The average molecular weight is 586 g/mol. The van der Waals surface area contributed by atoms with Crippen LogP contribution in [-0.2, 0) is 36.1 Å². The van der Waals surface area contributed by atoms with Crippen molar-refractivity contribution in [3.8, 4) is 0 Å². The number of ether oxygens (including phenoxy) is 1. The molecule has 1 saturated heterocycles. The fraction of sp³-hybridized carbons (Fsp3) is 0.500. The molecule has 1 aliphatic rings. The van der Waals surface area contributed by atoms with Gasteiger partial charge in [-0.25, -0.2) is 33.2 Å². The highest BCUT2D eigenvalue weighted by atomic mass is 31.3. The third-order valence-corrected chi connectivity index (χ3v) is 10.00. The van der Waals surface area contributed by atoms with Crippen LogP contribution in [0.15, 0.2) is 12.7 Å². The van der Waals surface area contributed by atoms with Crippen LogP contribution in [0.3, 0.4) is 0 Å². The highest BCUT2D eigenvalue weighted by Crippen LogP contribution is 2.67. The van der Waals surface area contributed by atoms with Gasteiger partial charge in [0.15, 0.2) is 17.7 Å². The standard InChI is InChI=1S/C10H18N6O15P4/c11-8-5-9(13-2-12-8)16(3-14-5)10-7(18)6(17)4(29-10)1-28-32(19,20)15-33(21,22)30-35(26,27)31-34(23,24)25/h2-4,6-7,10,17-18H,1H2,(H,26,27)(H2,11,12,13)(H2,23,24,25)(H3,15,19,20,21,22)/t4-,6-,7-,10-/m1/s1. The van der Waals surface area contributed by atoms with Crippen molar-refractivity contribution in [1.29, 1.82) is 0 Å². The zero-order chi connectivity index (χ0) is 26.4. The molecule has 0 aliphatic carbocycles. The molecule has 10 N–H and O–H groups in total. The van der Waals surface area contributed by atoms with Gasteiger partial charge in [-0.3, -0.25) is 9.09 Å². The second-order valence-electron chi connectivity index (χ2n) is 6.69. The van der Waals surface area contributed by atoms with Crippen LogP contribution in [0.1, 0.15) is 6.23 Å². The second-order valence-corrected chi connectivity index (χ2v) is 13.1. The highest BCUT2D eigenvalue weighted by molar-refractivity contribution is 7.72. The zero-order valence-electron chi connectivity index (χ0n) is 16.7. The van der Waals surface area contributed by atoms with Crippen molar-refractivity contribution < 1.29 is 70.8 Å². The molecule has 0 spiro atoms. The minimum Gasteiger partial charge on any atom is -0.387 e. The smallest absolute Gasteiger partial charge is 0.387 e. The lowest BCUT2D eigenvalue weighted by Crippen LogP contribution is -2.34. The third-order valence-electron chi connectivity index (χ3n) is 4.09. The lowest BCUT2D eigenvalue weighted by molar-refractivity contribution is -0.0486. The fourth-order valence-corrected chi connectivity index (χ4v) is 7.74. The van der Waals surface area contributed by atoms with Crippen LogP contribution in [0.25, 0.3) is 11.2 Å². The van der Waals surface area contributed by atoms with Crippen molar-refractivity contribution in [3.05, 3.63) is 12.7 Å². The molecule has 7 atom stereocenters. The van der Waals surface area contributed by atoms with Crippen LogP contribution in [-0.4, -0.2) is 79.1 Å². The predicted molar refractivity (Wildman–Crippen MR) is 108 cm³/mol. The summed E-state index contributed by atoms with van der Waals surface area (Å²) in [6.07, 6.45) is -3.92. The number of aliphatic hydroxyl groups excluding tert-OH is 2. The van der Waals surface area contributed by atoms with Crippen LogP contribution < -0.4 is 10.6 Å². The minimum atomic E-state index is -5.89. The molecule has 1 fully saturated rings. The van der Waals surface area contributed by atoms with E-state index in [1.54, 1.807) is 0 Å². The summed E-state index contributed by atoms with van der Waals surface area (Å²) in [5, 5.41) is 20.5. The number of rotatable bonds is 10. The topological polar surface area (TPSA) is 328 Å². The van der Waals surface area contributed by atoms with E-state index in [1.165, 1.54) is 10.9 Å². The van der Waals surface area contributed by atoms with Crippen molar-refractivity contribution in [2.45, 2.75) is 24.5 Å². The van der Waals surface area contributed by atoms with Gasteiger partial charge >= 0.3 is 31.1 Å². The Morgan fingerprint density at radius 1 is 1.00 bits per heavy atom. The summed E-state index contributed by atoms with van der Waals surface area (Å²) in [4.78, 5) is 57.8. The molecule has 0 bridgehead atoms. The van der Waals surface area contributed by atoms with Gasteiger partial charge < -0.3 is 45.2 Å². The second kappa shape index (κ2) is 9.92. The van der Waals surface area contributed by atoms with Crippen LogP contribution in [0.4, 0.5) is 5.82 Å². The first-order valence-corrected chi connectivity index (χ1v) is 14.9. The van der Waals surface area contributed by atoms with Gasteiger partial charge in [0.1, 0.15) is 30.2 Å². The van der Waals surface area contributed by atoms with E-state index in [1.807, 2.05) is 0 Å². The largest absolute Gasteiger partial charge is 0.489 e. The molecule has 35 heavy (non-hydrogen) atoms. The summed E-state index contributed by atoms with van der Waals surface area (Å²) in [5.74, 6) is 0.0169. The number of nitrogens with two attached hydrogens (primary N) is 1. The van der Waals surface area contributed by atoms with Gasteiger partial charge in [0.2, 0.25) is 0 Å². The Balaban J connectivity index is 1.65. The molecule has 0 amide bonds. The number of nitrogen functional groups attached to an aromatic ring is 1. The first-order valence-electron chi connectivity index (χ1n) is 8.75. The Hall–Kier alpha value is -1.21. The molecule has 0 saturated carbocycles. The summed E-state index contributed by atoms with van der Waals surface area (Å²) in [6, 6.07) is 0. The zero-order valence-corrected chi connectivity index (χ0v) is 20.3. The summed E-state index contributed by atoms with van der Waals surface area (Å²) in [5.41, 5.74) is 5.95. The fourth-order valence-electron chi connectivity index (χ4n) is 2.82. The first kappa shape index (κ1) is 28.4. The molecular formula is C10H18N6O15P4. The molecule has 198 valence electrons. The first-order chi connectivity index (χ1) is 15.9. The van der Waals surface area contributed by atoms with E-state index in [4.69, 9.17) is 25.2 Å². The number of aliphatic hydroxyl groups is 2.